The van der Waals surface area contributed by atoms with Crippen LogP contribution in [-0.2, 0) is 0 Å². The highest BCUT2D eigenvalue weighted by Crippen LogP contribution is 2.08. The van der Waals surface area contributed by atoms with Crippen molar-refractivity contribution in [3.63, 3.8) is 0 Å². The van der Waals surface area contributed by atoms with E-state index in [-0.39, 0.29) is 0 Å². The standard InChI is InChI=1S/C13H23N/c1-5-7-12(3)11-13(8-6-2)9-10-14-4/h6-8,11,14H,5,9-10H2,1-4H3/b8-6-,12-7+,13-11+. The highest BCUT2D eigenvalue weighted by atomic mass is 14.8. The van der Waals surface area contributed by atoms with Gasteiger partial charge in [-0.05, 0) is 45.9 Å². The zero-order valence-electron chi connectivity index (χ0n) is 9.93. The molecule has 1 N–H and O–H groups in total. The first-order valence-electron chi connectivity index (χ1n) is 5.39. The molecular formula is C13H23N. The van der Waals surface area contributed by atoms with Gasteiger partial charge in [0.2, 0.25) is 0 Å². The Balaban J connectivity index is 4.38. The summed E-state index contributed by atoms with van der Waals surface area (Å²) < 4.78 is 0. The lowest BCUT2D eigenvalue weighted by Gasteiger charge is -2.02. The van der Waals surface area contributed by atoms with E-state index in [2.05, 4.69) is 50.4 Å². The maximum atomic E-state index is 3.17. The monoisotopic (exact) mass is 193 g/mol. The van der Waals surface area contributed by atoms with Crippen LogP contribution in [0, 0.1) is 0 Å². The molecule has 0 saturated carbocycles. The van der Waals surface area contributed by atoms with Gasteiger partial charge in [-0.25, -0.2) is 0 Å². The van der Waals surface area contributed by atoms with Crippen molar-refractivity contribution in [2.75, 3.05) is 13.6 Å². The van der Waals surface area contributed by atoms with Crippen LogP contribution in [0.5, 0.6) is 0 Å². The maximum Gasteiger partial charge on any atom is -0.00114 e. The molecule has 0 aromatic rings. The molecule has 0 rings (SSSR count). The minimum absolute atomic E-state index is 1.04. The Morgan fingerprint density at radius 2 is 2.07 bits per heavy atom. The molecule has 0 bridgehead atoms. The first kappa shape index (κ1) is 13.2. The summed E-state index contributed by atoms with van der Waals surface area (Å²) >= 11 is 0. The van der Waals surface area contributed by atoms with Crippen molar-refractivity contribution < 1.29 is 0 Å². The van der Waals surface area contributed by atoms with Crippen LogP contribution in [0.25, 0.3) is 0 Å². The van der Waals surface area contributed by atoms with E-state index >= 15 is 0 Å². The molecule has 0 unspecified atom stereocenters. The molecule has 1 nitrogen and oxygen atoms in total. The molecule has 0 atom stereocenters. The van der Waals surface area contributed by atoms with E-state index in [1.807, 2.05) is 7.05 Å². The predicted molar refractivity (Wildman–Crippen MR) is 65.5 cm³/mol. The summed E-state index contributed by atoms with van der Waals surface area (Å²) in [7, 11) is 1.99. The van der Waals surface area contributed by atoms with Crippen LogP contribution in [0.1, 0.15) is 33.6 Å². The maximum absolute atomic E-state index is 3.17. The molecule has 80 valence electrons. The molecule has 0 amide bonds. The Kier molecular flexibility index (Phi) is 8.25. The molecular weight excluding hydrogens is 170 g/mol. The summed E-state index contributed by atoms with van der Waals surface area (Å²) in [6, 6.07) is 0. The van der Waals surface area contributed by atoms with E-state index in [4.69, 9.17) is 0 Å². The van der Waals surface area contributed by atoms with Crippen LogP contribution in [0.4, 0.5) is 0 Å². The van der Waals surface area contributed by atoms with Gasteiger partial charge in [-0.15, -0.1) is 0 Å². The molecule has 0 radical (unpaired) electrons. The number of hydrogen-bond acceptors (Lipinski definition) is 1. The summed E-state index contributed by atoms with van der Waals surface area (Å²) in [5.41, 5.74) is 2.75. The van der Waals surface area contributed by atoms with Crippen LogP contribution < -0.4 is 5.32 Å². The van der Waals surface area contributed by atoms with Crippen LogP contribution in [0.3, 0.4) is 0 Å². The van der Waals surface area contributed by atoms with Crippen molar-refractivity contribution in [3.05, 3.63) is 35.5 Å². The Morgan fingerprint density at radius 3 is 2.57 bits per heavy atom. The number of hydrogen-bond donors (Lipinski definition) is 1. The van der Waals surface area contributed by atoms with Gasteiger partial charge >= 0.3 is 0 Å². The molecule has 0 fully saturated rings. The van der Waals surface area contributed by atoms with Gasteiger partial charge in [0.1, 0.15) is 0 Å². The summed E-state index contributed by atoms with van der Waals surface area (Å²) in [5.74, 6) is 0. The zero-order valence-corrected chi connectivity index (χ0v) is 9.93. The summed E-state index contributed by atoms with van der Waals surface area (Å²) in [6.07, 6.45) is 11.0. The fourth-order valence-corrected chi connectivity index (χ4v) is 1.36. The van der Waals surface area contributed by atoms with E-state index in [0.717, 1.165) is 19.4 Å². The van der Waals surface area contributed by atoms with E-state index < -0.39 is 0 Å². The highest BCUT2D eigenvalue weighted by molar-refractivity contribution is 5.28. The molecule has 1 heteroatoms. The Morgan fingerprint density at radius 1 is 1.36 bits per heavy atom. The Hall–Kier alpha value is -0.820. The highest BCUT2D eigenvalue weighted by Gasteiger charge is 1.92. The van der Waals surface area contributed by atoms with Gasteiger partial charge in [0.25, 0.3) is 0 Å². The van der Waals surface area contributed by atoms with Crippen molar-refractivity contribution in [2.45, 2.75) is 33.6 Å². The third-order valence-corrected chi connectivity index (χ3v) is 1.98. The predicted octanol–water partition coefficient (Wildman–Crippen LogP) is 3.45. The van der Waals surface area contributed by atoms with Crippen LogP contribution in [0.2, 0.25) is 0 Å². The number of rotatable bonds is 6. The summed E-state index contributed by atoms with van der Waals surface area (Å²) in [6.45, 7) is 7.42. The second-order valence-corrected chi connectivity index (χ2v) is 3.43. The smallest absolute Gasteiger partial charge is 0.00114 e. The second kappa shape index (κ2) is 8.76. The van der Waals surface area contributed by atoms with Crippen molar-refractivity contribution in [2.24, 2.45) is 0 Å². The first-order chi connectivity index (χ1) is 6.74. The average molecular weight is 193 g/mol. The molecule has 0 aromatic carbocycles. The molecule has 14 heavy (non-hydrogen) atoms. The van der Waals surface area contributed by atoms with Crippen molar-refractivity contribution in [1.82, 2.24) is 5.32 Å². The molecule has 0 spiro atoms. The van der Waals surface area contributed by atoms with Crippen molar-refractivity contribution in [3.8, 4) is 0 Å². The van der Waals surface area contributed by atoms with Gasteiger partial charge in [0.15, 0.2) is 0 Å². The van der Waals surface area contributed by atoms with E-state index in [1.54, 1.807) is 0 Å². The van der Waals surface area contributed by atoms with Crippen LogP contribution >= 0.6 is 0 Å². The lowest BCUT2D eigenvalue weighted by atomic mass is 10.1. The van der Waals surface area contributed by atoms with Gasteiger partial charge in [0, 0.05) is 0 Å². The fraction of sp³-hybridized carbons (Fsp3) is 0.538. The normalized spacial score (nSPS) is 14.0. The SMILES string of the molecule is C\C=C/C(=C\C(C)=C\CC)CCNC. The lowest BCUT2D eigenvalue weighted by molar-refractivity contribution is 0.793. The molecule has 0 saturated heterocycles. The molecule has 0 aliphatic rings. The lowest BCUT2D eigenvalue weighted by Crippen LogP contribution is -2.07. The molecule has 0 aromatic heterocycles. The van der Waals surface area contributed by atoms with Gasteiger partial charge in [-0.2, -0.15) is 0 Å². The third kappa shape index (κ3) is 6.67. The number of nitrogens with one attached hydrogen (secondary N) is 1. The fourth-order valence-electron chi connectivity index (χ4n) is 1.36. The molecule has 0 aliphatic carbocycles. The van der Waals surface area contributed by atoms with Crippen molar-refractivity contribution in [1.29, 1.82) is 0 Å². The minimum Gasteiger partial charge on any atom is -0.319 e. The largest absolute Gasteiger partial charge is 0.319 e. The van der Waals surface area contributed by atoms with Gasteiger partial charge < -0.3 is 5.32 Å². The first-order valence-corrected chi connectivity index (χ1v) is 5.39. The Labute approximate surface area is 88.6 Å². The van der Waals surface area contributed by atoms with E-state index in [9.17, 15) is 0 Å². The average Bonchev–Trinajstić information content (AvgIpc) is 2.15. The Bertz CT molecular complexity index is 221. The minimum atomic E-state index is 1.04. The van der Waals surface area contributed by atoms with Crippen LogP contribution in [0.15, 0.2) is 35.5 Å². The van der Waals surface area contributed by atoms with E-state index in [0.29, 0.717) is 0 Å². The topological polar surface area (TPSA) is 12.0 Å². The van der Waals surface area contributed by atoms with E-state index in [1.165, 1.54) is 11.1 Å². The zero-order chi connectivity index (χ0) is 10.8. The summed E-state index contributed by atoms with van der Waals surface area (Å²) in [4.78, 5) is 0. The van der Waals surface area contributed by atoms with Gasteiger partial charge in [-0.3, -0.25) is 0 Å². The second-order valence-electron chi connectivity index (χ2n) is 3.43. The van der Waals surface area contributed by atoms with Crippen LogP contribution in [-0.4, -0.2) is 13.6 Å². The quantitative estimate of drug-likeness (QED) is 0.637. The number of allylic oxidation sites excluding steroid dienone is 5. The molecule has 0 aliphatic heterocycles. The summed E-state index contributed by atoms with van der Waals surface area (Å²) in [5, 5.41) is 3.17. The van der Waals surface area contributed by atoms with Crippen molar-refractivity contribution >= 4 is 0 Å². The molecule has 0 heterocycles. The third-order valence-electron chi connectivity index (χ3n) is 1.98. The van der Waals surface area contributed by atoms with Gasteiger partial charge in [0.05, 0.1) is 0 Å². The van der Waals surface area contributed by atoms with Gasteiger partial charge in [-0.1, -0.05) is 36.8 Å².